The van der Waals surface area contributed by atoms with Gasteiger partial charge in [-0.15, -0.1) is 0 Å². The number of carbonyl (C=O) groups is 3. The van der Waals surface area contributed by atoms with Crippen molar-refractivity contribution in [1.29, 1.82) is 0 Å². The first-order valence-corrected chi connectivity index (χ1v) is 8.84. The lowest BCUT2D eigenvalue weighted by molar-refractivity contribution is 0.0777. The molecule has 0 fully saturated rings. The Morgan fingerprint density at radius 3 is 2.16 bits per heavy atom. The minimum Gasteiger partial charge on any atom is -0.334 e. The maximum atomic E-state index is 13.2. The number of ketones is 3. The third-order valence-corrected chi connectivity index (χ3v) is 5.43. The van der Waals surface area contributed by atoms with Crippen LogP contribution in [0.2, 0.25) is 0 Å². The fraction of sp³-hybridized carbons (Fsp3) is 0.381. The predicted octanol–water partition coefficient (Wildman–Crippen LogP) is 4.32. The molecule has 0 N–H and O–H groups in total. The van der Waals surface area contributed by atoms with Crippen LogP contribution in [-0.4, -0.2) is 21.9 Å². The number of nitrogens with zero attached hydrogens (tertiary/aromatic N) is 1. The molecule has 0 bridgehead atoms. The minimum absolute atomic E-state index is 0.00187. The van der Waals surface area contributed by atoms with Gasteiger partial charge in [0.15, 0.2) is 17.3 Å². The lowest BCUT2D eigenvalue weighted by Gasteiger charge is -2.26. The summed E-state index contributed by atoms with van der Waals surface area (Å²) in [7, 11) is 0. The van der Waals surface area contributed by atoms with Gasteiger partial charge in [-0.25, -0.2) is 0 Å². The maximum Gasteiger partial charge on any atom is 0.196 e. The molecule has 0 saturated carbocycles. The molecule has 0 aliphatic heterocycles. The van der Waals surface area contributed by atoms with Crippen LogP contribution >= 0.6 is 0 Å². The van der Waals surface area contributed by atoms with Crippen molar-refractivity contribution in [3.05, 3.63) is 46.6 Å². The normalized spacial score (nSPS) is 18.8. The topological polar surface area (TPSA) is 56.1 Å². The van der Waals surface area contributed by atoms with E-state index in [0.717, 1.165) is 11.3 Å². The molecule has 4 heteroatoms. The summed E-state index contributed by atoms with van der Waals surface area (Å²) in [4.78, 5) is 39.1. The van der Waals surface area contributed by atoms with Crippen molar-refractivity contribution in [1.82, 2.24) is 4.57 Å². The number of benzene rings is 1. The van der Waals surface area contributed by atoms with Crippen LogP contribution in [0.15, 0.2) is 24.3 Å². The van der Waals surface area contributed by atoms with E-state index >= 15 is 0 Å². The van der Waals surface area contributed by atoms with Crippen LogP contribution in [0.25, 0.3) is 11.3 Å². The number of Topliss-reactive ketones (excluding diaryl/α,β-unsaturated/α-hetero) is 2. The summed E-state index contributed by atoms with van der Waals surface area (Å²) in [5, 5.41) is 0. The molecule has 2 aromatic rings. The first kappa shape index (κ1) is 16.0. The Morgan fingerprint density at radius 1 is 0.920 bits per heavy atom. The number of aromatic nitrogens is 1. The fourth-order valence-electron chi connectivity index (χ4n) is 4.24. The van der Waals surface area contributed by atoms with E-state index in [2.05, 4.69) is 0 Å². The molecule has 0 amide bonds. The lowest BCUT2D eigenvalue weighted by atomic mass is 9.78. The molecule has 2 aliphatic rings. The molecule has 1 aromatic carbocycles. The predicted molar refractivity (Wildman–Crippen MR) is 95.3 cm³/mol. The van der Waals surface area contributed by atoms with Gasteiger partial charge in [0.05, 0.1) is 22.5 Å². The summed E-state index contributed by atoms with van der Waals surface area (Å²) in [5.41, 5.74) is 3.42. The smallest absolute Gasteiger partial charge is 0.196 e. The van der Waals surface area contributed by atoms with Crippen molar-refractivity contribution < 1.29 is 14.4 Å². The molecule has 1 aromatic heterocycles. The summed E-state index contributed by atoms with van der Waals surface area (Å²) in [6.07, 6.45) is 0.196. The van der Waals surface area contributed by atoms with Crippen LogP contribution in [0.1, 0.15) is 76.9 Å². The lowest BCUT2D eigenvalue weighted by Crippen LogP contribution is -2.32. The Balaban J connectivity index is 2.09. The molecule has 1 heterocycles. The van der Waals surface area contributed by atoms with E-state index in [1.165, 1.54) is 0 Å². The van der Waals surface area contributed by atoms with Crippen LogP contribution in [0.3, 0.4) is 0 Å². The van der Waals surface area contributed by atoms with Crippen LogP contribution in [-0.2, 0) is 0 Å². The zero-order valence-electron chi connectivity index (χ0n) is 14.9. The molecule has 2 aliphatic carbocycles. The SMILES string of the molecule is CC(C)C1CC(=O)c2c3c(n(C(C)C)c2C1=O)-c1ccccc1C3=O. The number of hydrogen-bond donors (Lipinski definition) is 0. The number of rotatable bonds is 2. The highest BCUT2D eigenvalue weighted by Crippen LogP contribution is 2.46. The molecule has 25 heavy (non-hydrogen) atoms. The molecular weight excluding hydrogens is 314 g/mol. The number of hydrogen-bond acceptors (Lipinski definition) is 3. The highest BCUT2D eigenvalue weighted by molar-refractivity contribution is 6.29. The molecule has 0 radical (unpaired) electrons. The van der Waals surface area contributed by atoms with E-state index in [1.54, 1.807) is 6.07 Å². The van der Waals surface area contributed by atoms with Gasteiger partial charge in [-0.2, -0.15) is 0 Å². The summed E-state index contributed by atoms with van der Waals surface area (Å²) in [5.74, 6) is -0.427. The van der Waals surface area contributed by atoms with E-state index < -0.39 is 0 Å². The van der Waals surface area contributed by atoms with Crippen molar-refractivity contribution in [3.8, 4) is 11.3 Å². The number of carbonyl (C=O) groups excluding carboxylic acids is 3. The van der Waals surface area contributed by atoms with E-state index in [1.807, 2.05) is 50.5 Å². The Hall–Kier alpha value is -2.49. The van der Waals surface area contributed by atoms with E-state index in [9.17, 15) is 14.4 Å². The molecule has 0 spiro atoms. The van der Waals surface area contributed by atoms with Gasteiger partial charge in [-0.1, -0.05) is 38.1 Å². The maximum absolute atomic E-state index is 13.2. The zero-order chi connectivity index (χ0) is 18.0. The third kappa shape index (κ3) is 1.97. The van der Waals surface area contributed by atoms with E-state index in [0.29, 0.717) is 22.4 Å². The largest absolute Gasteiger partial charge is 0.334 e. The van der Waals surface area contributed by atoms with Crippen molar-refractivity contribution in [3.63, 3.8) is 0 Å². The van der Waals surface area contributed by atoms with Gasteiger partial charge in [0.2, 0.25) is 0 Å². The molecule has 1 atom stereocenters. The monoisotopic (exact) mass is 335 g/mol. The second-order valence-corrected chi connectivity index (χ2v) is 7.63. The third-order valence-electron chi connectivity index (χ3n) is 5.43. The highest BCUT2D eigenvalue weighted by Gasteiger charge is 2.45. The summed E-state index contributed by atoms with van der Waals surface area (Å²) < 4.78 is 1.92. The van der Waals surface area contributed by atoms with Crippen LogP contribution in [0, 0.1) is 11.8 Å². The van der Waals surface area contributed by atoms with E-state index in [-0.39, 0.29) is 41.6 Å². The van der Waals surface area contributed by atoms with Crippen LogP contribution in [0.5, 0.6) is 0 Å². The summed E-state index contributed by atoms with van der Waals surface area (Å²) >= 11 is 0. The fourth-order valence-corrected chi connectivity index (χ4v) is 4.24. The number of fused-ring (bicyclic) bond motifs is 5. The van der Waals surface area contributed by atoms with Crippen molar-refractivity contribution in [2.45, 2.75) is 40.2 Å². The first-order chi connectivity index (χ1) is 11.8. The molecular formula is C21H21NO3. The average molecular weight is 335 g/mol. The standard InChI is InChI=1S/C21H21NO3/c1-10(2)14-9-15(23)16-17-18(22(11(3)4)19(16)21(14)25)12-7-5-6-8-13(12)20(17)24/h5-8,10-11,14H,9H2,1-4H3. The Morgan fingerprint density at radius 2 is 1.56 bits per heavy atom. The highest BCUT2D eigenvalue weighted by atomic mass is 16.1. The Kier molecular flexibility index (Phi) is 3.36. The van der Waals surface area contributed by atoms with E-state index in [4.69, 9.17) is 0 Å². The Bertz CT molecular complexity index is 946. The van der Waals surface area contributed by atoms with Crippen LogP contribution in [0.4, 0.5) is 0 Å². The zero-order valence-corrected chi connectivity index (χ0v) is 14.9. The summed E-state index contributed by atoms with van der Waals surface area (Å²) in [6.45, 7) is 7.92. The Labute approximate surface area is 146 Å². The molecule has 4 rings (SSSR count). The minimum atomic E-state index is -0.308. The molecule has 4 nitrogen and oxygen atoms in total. The van der Waals surface area contributed by atoms with Gasteiger partial charge >= 0.3 is 0 Å². The molecule has 128 valence electrons. The van der Waals surface area contributed by atoms with Crippen molar-refractivity contribution in [2.75, 3.05) is 0 Å². The molecule has 1 unspecified atom stereocenters. The molecule has 0 saturated heterocycles. The second kappa shape index (κ2) is 5.25. The quantitative estimate of drug-likeness (QED) is 0.701. The van der Waals surface area contributed by atoms with Crippen LogP contribution < -0.4 is 0 Å². The van der Waals surface area contributed by atoms with Crippen molar-refractivity contribution >= 4 is 17.3 Å². The van der Waals surface area contributed by atoms with Crippen molar-refractivity contribution in [2.24, 2.45) is 11.8 Å². The van der Waals surface area contributed by atoms with Gasteiger partial charge in [-0.05, 0) is 19.8 Å². The van der Waals surface area contributed by atoms with Gasteiger partial charge < -0.3 is 4.57 Å². The van der Waals surface area contributed by atoms with Gasteiger partial charge in [0, 0.05) is 29.5 Å². The summed E-state index contributed by atoms with van der Waals surface area (Å²) in [6, 6.07) is 7.40. The van der Waals surface area contributed by atoms with Gasteiger partial charge in [-0.3, -0.25) is 14.4 Å². The van der Waals surface area contributed by atoms with Gasteiger partial charge in [0.25, 0.3) is 0 Å². The second-order valence-electron chi connectivity index (χ2n) is 7.63. The van der Waals surface area contributed by atoms with Gasteiger partial charge in [0.1, 0.15) is 0 Å². The average Bonchev–Trinajstić information content (AvgIpc) is 3.06. The first-order valence-electron chi connectivity index (χ1n) is 8.84.